The van der Waals surface area contributed by atoms with Gasteiger partial charge in [0.25, 0.3) is 5.91 Å². The molecule has 8 nitrogen and oxygen atoms in total. The summed E-state index contributed by atoms with van der Waals surface area (Å²) in [6.45, 7) is 2.35. The molecule has 3 rings (SSSR count). The Labute approximate surface area is 136 Å². The summed E-state index contributed by atoms with van der Waals surface area (Å²) in [5.41, 5.74) is 0.291. The van der Waals surface area contributed by atoms with Crippen molar-refractivity contribution >= 4 is 23.1 Å². The lowest BCUT2D eigenvalue weighted by Crippen LogP contribution is -2.24. The first-order chi connectivity index (χ1) is 11.1. The Kier molecular flexibility index (Phi) is 4.71. The van der Waals surface area contributed by atoms with E-state index >= 15 is 0 Å². The number of ether oxygens (including phenoxy) is 1. The summed E-state index contributed by atoms with van der Waals surface area (Å²) in [5.74, 6) is 0.292. The number of hydrogen-bond acceptors (Lipinski definition) is 7. The minimum absolute atomic E-state index is 0.239. The lowest BCUT2D eigenvalue weighted by molar-refractivity contribution is -0.0226. The summed E-state index contributed by atoms with van der Waals surface area (Å²) < 4.78 is 7.22. The third-order valence-corrected chi connectivity index (χ3v) is 4.63. The molecule has 1 fully saturated rings. The lowest BCUT2D eigenvalue weighted by atomic mass is 10.1. The van der Waals surface area contributed by atoms with Gasteiger partial charge in [0.15, 0.2) is 0 Å². The molecular formula is C14H18N4O4S. The van der Waals surface area contributed by atoms with E-state index in [4.69, 9.17) is 9.84 Å². The van der Waals surface area contributed by atoms with Gasteiger partial charge < -0.3 is 20.3 Å². The van der Waals surface area contributed by atoms with Crippen LogP contribution in [0, 0.1) is 0 Å². The van der Waals surface area contributed by atoms with Crippen LogP contribution in [-0.4, -0.2) is 49.7 Å². The molecule has 0 unspecified atom stereocenters. The van der Waals surface area contributed by atoms with Crippen molar-refractivity contribution in [2.24, 2.45) is 0 Å². The van der Waals surface area contributed by atoms with E-state index in [2.05, 4.69) is 15.4 Å². The van der Waals surface area contributed by atoms with E-state index in [1.807, 2.05) is 6.92 Å². The van der Waals surface area contributed by atoms with Gasteiger partial charge in [-0.3, -0.25) is 4.79 Å². The van der Waals surface area contributed by atoms with Gasteiger partial charge in [-0.05, 0) is 6.92 Å². The number of nitrogens with one attached hydrogen (secondary N) is 1. The molecular weight excluding hydrogens is 320 g/mol. The predicted molar refractivity (Wildman–Crippen MR) is 83.3 cm³/mol. The summed E-state index contributed by atoms with van der Waals surface area (Å²) in [5, 5.41) is 28.0. The van der Waals surface area contributed by atoms with Crippen molar-refractivity contribution < 1.29 is 19.7 Å². The first-order valence-corrected chi connectivity index (χ1v) is 8.23. The predicted octanol–water partition coefficient (Wildman–Crippen LogP) is 0.795. The van der Waals surface area contributed by atoms with Crippen molar-refractivity contribution in [2.75, 3.05) is 11.9 Å². The minimum Gasteiger partial charge on any atom is -0.394 e. The molecule has 2 aromatic rings. The number of rotatable bonds is 5. The van der Waals surface area contributed by atoms with Gasteiger partial charge in [0.1, 0.15) is 28.7 Å². The third kappa shape index (κ3) is 3.27. The number of aliphatic hydroxyl groups excluding tert-OH is 2. The zero-order valence-corrected chi connectivity index (χ0v) is 13.4. The molecule has 0 bridgehead atoms. The topological polar surface area (TPSA) is 110 Å². The average molecular weight is 338 g/mol. The van der Waals surface area contributed by atoms with Gasteiger partial charge in [0.2, 0.25) is 0 Å². The van der Waals surface area contributed by atoms with Crippen LogP contribution < -0.4 is 5.32 Å². The Hall–Kier alpha value is -1.81. The van der Waals surface area contributed by atoms with Gasteiger partial charge in [-0.2, -0.15) is 5.10 Å². The van der Waals surface area contributed by atoms with Crippen LogP contribution in [-0.2, 0) is 11.3 Å². The van der Waals surface area contributed by atoms with Gasteiger partial charge in [-0.1, -0.05) is 0 Å². The SMILES string of the molecule is CCn1nccc1NC(=O)c1csc([C@@H]2C[C@H](O)[C@@H](CO)O2)n1. The molecule has 2 aromatic heterocycles. The maximum absolute atomic E-state index is 12.3. The molecule has 3 heterocycles. The monoisotopic (exact) mass is 338 g/mol. The maximum atomic E-state index is 12.3. The molecule has 1 saturated heterocycles. The van der Waals surface area contributed by atoms with E-state index in [-0.39, 0.29) is 12.5 Å². The highest BCUT2D eigenvalue weighted by molar-refractivity contribution is 7.09. The molecule has 1 amide bonds. The molecule has 0 aliphatic carbocycles. The van der Waals surface area contributed by atoms with Crippen LogP contribution in [0.15, 0.2) is 17.6 Å². The van der Waals surface area contributed by atoms with Gasteiger partial charge in [0, 0.05) is 24.4 Å². The van der Waals surface area contributed by atoms with Gasteiger partial charge in [-0.15, -0.1) is 11.3 Å². The second kappa shape index (κ2) is 6.75. The Bertz CT molecular complexity index is 686. The summed E-state index contributed by atoms with van der Waals surface area (Å²) in [4.78, 5) is 16.5. The second-order valence-corrected chi connectivity index (χ2v) is 6.10. The fraction of sp³-hybridized carbons (Fsp3) is 0.500. The van der Waals surface area contributed by atoms with E-state index in [0.29, 0.717) is 29.5 Å². The number of thiazole rings is 1. The Morgan fingerprint density at radius 3 is 3.13 bits per heavy atom. The quantitative estimate of drug-likeness (QED) is 0.744. The van der Waals surface area contributed by atoms with E-state index in [1.54, 1.807) is 22.3 Å². The lowest BCUT2D eigenvalue weighted by Gasteiger charge is -2.10. The molecule has 9 heteroatoms. The van der Waals surface area contributed by atoms with E-state index < -0.39 is 18.3 Å². The summed E-state index contributed by atoms with van der Waals surface area (Å²) in [6.07, 6.45) is 0.275. The van der Waals surface area contributed by atoms with E-state index in [0.717, 1.165) is 0 Å². The molecule has 23 heavy (non-hydrogen) atoms. The van der Waals surface area contributed by atoms with Crippen LogP contribution in [0.1, 0.15) is 34.9 Å². The molecule has 0 aromatic carbocycles. The summed E-state index contributed by atoms with van der Waals surface area (Å²) in [6, 6.07) is 1.72. The number of aromatic nitrogens is 3. The zero-order chi connectivity index (χ0) is 16.4. The van der Waals surface area contributed by atoms with Crippen LogP contribution in [0.4, 0.5) is 5.82 Å². The fourth-order valence-electron chi connectivity index (χ4n) is 2.46. The fourth-order valence-corrected chi connectivity index (χ4v) is 3.31. The number of aryl methyl sites for hydroxylation is 1. The summed E-state index contributed by atoms with van der Waals surface area (Å²) in [7, 11) is 0. The maximum Gasteiger partial charge on any atom is 0.276 e. The standard InChI is InChI=1S/C14H18N4O4S/c1-2-18-12(3-4-15-18)17-13(21)8-7-23-14(16-8)10-5-9(20)11(6-19)22-10/h3-4,7,9-11,19-20H,2,5-6H2,1H3,(H,17,21)/t9-,10-,11+/m0/s1. The molecule has 1 aliphatic rings. The van der Waals surface area contributed by atoms with Crippen molar-refractivity contribution in [2.45, 2.75) is 38.2 Å². The largest absolute Gasteiger partial charge is 0.394 e. The van der Waals surface area contributed by atoms with Crippen molar-refractivity contribution in [3.8, 4) is 0 Å². The molecule has 0 spiro atoms. The molecule has 1 aliphatic heterocycles. The third-order valence-electron chi connectivity index (χ3n) is 3.69. The van der Waals surface area contributed by atoms with Crippen LogP contribution in [0.3, 0.4) is 0 Å². The smallest absolute Gasteiger partial charge is 0.276 e. The van der Waals surface area contributed by atoms with Crippen LogP contribution in [0.25, 0.3) is 0 Å². The van der Waals surface area contributed by atoms with Crippen LogP contribution in [0.2, 0.25) is 0 Å². The molecule has 0 saturated carbocycles. The van der Waals surface area contributed by atoms with Crippen molar-refractivity contribution in [3.63, 3.8) is 0 Å². The van der Waals surface area contributed by atoms with Crippen molar-refractivity contribution in [3.05, 3.63) is 28.3 Å². The molecule has 3 N–H and O–H groups in total. The zero-order valence-electron chi connectivity index (χ0n) is 12.5. The minimum atomic E-state index is -0.718. The average Bonchev–Trinajstić information content (AvgIpc) is 3.25. The van der Waals surface area contributed by atoms with Gasteiger partial charge in [-0.25, -0.2) is 9.67 Å². The number of anilines is 1. The Balaban J connectivity index is 1.68. The van der Waals surface area contributed by atoms with E-state index in [9.17, 15) is 9.90 Å². The normalized spacial score (nSPS) is 24.0. The number of carbonyl (C=O) groups is 1. The molecule has 0 radical (unpaired) electrons. The van der Waals surface area contributed by atoms with Crippen LogP contribution >= 0.6 is 11.3 Å². The molecule has 124 valence electrons. The van der Waals surface area contributed by atoms with E-state index in [1.165, 1.54) is 11.3 Å². The highest BCUT2D eigenvalue weighted by Crippen LogP contribution is 2.34. The highest BCUT2D eigenvalue weighted by atomic mass is 32.1. The number of hydrogen-bond donors (Lipinski definition) is 3. The Morgan fingerprint density at radius 1 is 1.61 bits per heavy atom. The first-order valence-electron chi connectivity index (χ1n) is 7.35. The number of amides is 1. The first kappa shape index (κ1) is 16.1. The highest BCUT2D eigenvalue weighted by Gasteiger charge is 2.36. The number of nitrogens with zero attached hydrogens (tertiary/aromatic N) is 3. The van der Waals surface area contributed by atoms with Crippen molar-refractivity contribution in [1.82, 2.24) is 14.8 Å². The van der Waals surface area contributed by atoms with Gasteiger partial charge >= 0.3 is 0 Å². The van der Waals surface area contributed by atoms with Crippen LogP contribution in [0.5, 0.6) is 0 Å². The number of carbonyl (C=O) groups excluding carboxylic acids is 1. The molecule has 3 atom stereocenters. The second-order valence-electron chi connectivity index (χ2n) is 5.21. The Morgan fingerprint density at radius 2 is 2.43 bits per heavy atom. The number of aliphatic hydroxyl groups is 2. The van der Waals surface area contributed by atoms with Crippen molar-refractivity contribution in [1.29, 1.82) is 0 Å². The summed E-state index contributed by atoms with van der Waals surface area (Å²) >= 11 is 1.30. The van der Waals surface area contributed by atoms with Gasteiger partial charge in [0.05, 0.1) is 18.9 Å².